The van der Waals surface area contributed by atoms with Gasteiger partial charge in [-0.05, 0) is 40.9 Å². The van der Waals surface area contributed by atoms with Crippen molar-refractivity contribution < 1.29 is 11.0 Å². The molecule has 0 unspecified atom stereocenters. The number of para-hydroxylation sites is 3. The van der Waals surface area contributed by atoms with Gasteiger partial charge in [-0.1, -0.05) is 158 Å². The van der Waals surface area contributed by atoms with Gasteiger partial charge in [0.2, 0.25) is 0 Å². The zero-order valence-corrected chi connectivity index (χ0v) is 26.0. The number of hydrogen-bond donors (Lipinski definition) is 0. The zero-order chi connectivity index (χ0) is 39.5. The number of nitrogens with zero attached hydrogens (tertiary/aromatic N) is 4. The van der Waals surface area contributed by atoms with E-state index in [1.54, 1.807) is 4.57 Å². The molecule has 49 heavy (non-hydrogen) atoms. The Labute approximate surface area is 295 Å². The average Bonchev–Trinajstić information content (AvgIpc) is 3.63. The monoisotopic (exact) mass is 634 g/mol. The van der Waals surface area contributed by atoms with Crippen molar-refractivity contribution in [3.63, 3.8) is 0 Å². The summed E-state index contributed by atoms with van der Waals surface area (Å²) in [6, 6.07) is 38.7. The molecule has 7 aromatic carbocycles. The smallest absolute Gasteiger partial charge is 0.166 e. The average molecular weight is 635 g/mol. The van der Waals surface area contributed by atoms with Crippen LogP contribution in [0.4, 0.5) is 0 Å². The molecule has 0 N–H and O–H groups in total. The highest BCUT2D eigenvalue weighted by atomic mass is 15.1. The molecule has 0 bridgehead atoms. The van der Waals surface area contributed by atoms with Crippen LogP contribution in [-0.4, -0.2) is 19.5 Å². The van der Waals surface area contributed by atoms with Crippen molar-refractivity contribution in [1.82, 2.24) is 19.5 Å². The molecule has 0 radical (unpaired) electrons. The molecule has 2 aromatic heterocycles. The van der Waals surface area contributed by atoms with Crippen LogP contribution in [0.3, 0.4) is 0 Å². The van der Waals surface area contributed by atoms with Crippen LogP contribution in [0.15, 0.2) is 182 Å². The van der Waals surface area contributed by atoms with Gasteiger partial charge in [-0.25, -0.2) is 15.0 Å². The van der Waals surface area contributed by atoms with Crippen LogP contribution in [0.1, 0.15) is 11.0 Å². The summed E-state index contributed by atoms with van der Waals surface area (Å²) in [6.45, 7) is 0. The van der Waals surface area contributed by atoms with E-state index >= 15 is 0 Å². The van der Waals surface area contributed by atoms with Gasteiger partial charge in [0.1, 0.15) is 0 Å². The molecule has 0 amide bonds. The molecular weight excluding hydrogens is 597 g/mol. The molecular formula is C45H30N4. The van der Waals surface area contributed by atoms with E-state index in [4.69, 9.17) is 23.2 Å². The van der Waals surface area contributed by atoms with Gasteiger partial charge in [0, 0.05) is 33.0 Å². The van der Waals surface area contributed by atoms with Crippen LogP contribution >= 0.6 is 0 Å². The van der Waals surface area contributed by atoms with E-state index in [1.165, 1.54) is 0 Å². The summed E-state index contributed by atoms with van der Waals surface area (Å²) in [5.41, 5.74) is 5.53. The van der Waals surface area contributed by atoms with Crippen molar-refractivity contribution in [2.75, 3.05) is 0 Å². The number of hydrogen-bond acceptors (Lipinski definition) is 3. The molecule has 230 valence electrons. The van der Waals surface area contributed by atoms with Gasteiger partial charge in [-0.2, -0.15) is 0 Å². The maximum atomic E-state index is 9.32. The molecule has 9 aromatic rings. The number of aromatic nitrogens is 4. The van der Waals surface area contributed by atoms with Crippen molar-refractivity contribution in [3.8, 4) is 62.1 Å². The quantitative estimate of drug-likeness (QED) is 0.183. The maximum absolute atomic E-state index is 9.32. The third-order valence-electron chi connectivity index (χ3n) is 8.51. The summed E-state index contributed by atoms with van der Waals surface area (Å²) in [6.07, 6.45) is 0. The Bertz CT molecular complexity index is 2910. The van der Waals surface area contributed by atoms with Crippen LogP contribution in [0.25, 0.3) is 83.9 Å². The lowest BCUT2D eigenvalue weighted by atomic mass is 9.95. The third kappa shape index (κ3) is 5.16. The van der Waals surface area contributed by atoms with Gasteiger partial charge < -0.3 is 4.57 Å². The van der Waals surface area contributed by atoms with E-state index in [9.17, 15) is 2.74 Å². The lowest BCUT2D eigenvalue weighted by Crippen LogP contribution is -2.05. The Hall–Kier alpha value is -6.65. The van der Waals surface area contributed by atoms with Crippen molar-refractivity contribution in [3.05, 3.63) is 182 Å². The van der Waals surface area contributed by atoms with Crippen molar-refractivity contribution in [2.24, 2.45) is 0 Å². The number of benzene rings is 7. The molecule has 0 fully saturated rings. The summed E-state index contributed by atoms with van der Waals surface area (Å²) >= 11 is 0. The van der Waals surface area contributed by atoms with E-state index in [2.05, 4.69) is 0 Å². The largest absolute Gasteiger partial charge is 0.308 e. The Morgan fingerprint density at radius 3 is 1.43 bits per heavy atom. The molecule has 0 aliphatic rings. The molecule has 0 aliphatic heterocycles. The standard InChI is InChI=1S/C45H30N4/c1-4-16-31(17-5-1)34-22-14-23-35(30-34)36-26-15-27-39(42(36)49-40-28-12-10-24-37(40)38-25-11-13-29-41(38)49)45-47-43(32-18-6-2-7-19-32)46-44(48-45)33-20-8-3-9-21-33/h1-30H/i10D,11D,12D,13D,24D,25D,28D,29D. The topological polar surface area (TPSA) is 43.6 Å². The zero-order valence-electron chi connectivity index (χ0n) is 34.0. The highest BCUT2D eigenvalue weighted by Crippen LogP contribution is 2.41. The first-order valence-corrected chi connectivity index (χ1v) is 15.8. The first-order valence-electron chi connectivity index (χ1n) is 19.8. The van der Waals surface area contributed by atoms with Crippen LogP contribution in [0.5, 0.6) is 0 Å². The van der Waals surface area contributed by atoms with Crippen LogP contribution in [0.2, 0.25) is 0 Å². The van der Waals surface area contributed by atoms with Gasteiger partial charge in [-0.15, -0.1) is 0 Å². The Morgan fingerprint density at radius 2 is 0.837 bits per heavy atom. The summed E-state index contributed by atoms with van der Waals surface area (Å²) in [4.78, 5) is 15.0. The normalized spacial score (nSPS) is 13.6. The van der Waals surface area contributed by atoms with Crippen molar-refractivity contribution in [1.29, 1.82) is 0 Å². The van der Waals surface area contributed by atoms with Gasteiger partial charge in [0.15, 0.2) is 17.5 Å². The Balaban J connectivity index is 1.48. The summed E-state index contributed by atoms with van der Waals surface area (Å²) in [7, 11) is 0. The highest BCUT2D eigenvalue weighted by molar-refractivity contribution is 6.10. The maximum Gasteiger partial charge on any atom is 0.166 e. The summed E-state index contributed by atoms with van der Waals surface area (Å²) < 4.78 is 73.2. The van der Waals surface area contributed by atoms with Gasteiger partial charge in [-0.3, -0.25) is 0 Å². The Kier molecular flexibility index (Phi) is 5.29. The number of fused-ring (bicyclic) bond motifs is 3. The molecule has 0 saturated carbocycles. The SMILES string of the molecule is [2H]c1c([2H])c([2H])c2c(c1[2H])c1c([2H])c([2H])c([2H])c([2H])c1n2-c1c(-c2cccc(-c3ccccc3)c2)cccc1-c1nc(-c2ccccc2)nc(-c2ccccc2)n1. The molecule has 9 rings (SSSR count). The molecule has 4 heteroatoms. The van der Waals surface area contributed by atoms with Crippen molar-refractivity contribution >= 4 is 21.8 Å². The van der Waals surface area contributed by atoms with Gasteiger partial charge in [0.05, 0.1) is 27.7 Å². The fourth-order valence-corrected chi connectivity index (χ4v) is 6.27. The van der Waals surface area contributed by atoms with Gasteiger partial charge in [0.25, 0.3) is 0 Å². The van der Waals surface area contributed by atoms with E-state index in [0.717, 1.165) is 27.8 Å². The second-order valence-electron chi connectivity index (χ2n) is 11.5. The van der Waals surface area contributed by atoms with Crippen LogP contribution in [0, 0.1) is 0 Å². The van der Waals surface area contributed by atoms with Crippen molar-refractivity contribution in [2.45, 2.75) is 0 Å². The lowest BCUT2D eigenvalue weighted by molar-refractivity contribution is 1.06. The van der Waals surface area contributed by atoms with E-state index in [-0.39, 0.29) is 27.6 Å². The second kappa shape index (κ2) is 12.2. The molecule has 4 nitrogen and oxygen atoms in total. The predicted octanol–water partition coefficient (Wildman–Crippen LogP) is 11.3. The van der Waals surface area contributed by atoms with Crippen LogP contribution < -0.4 is 0 Å². The predicted molar refractivity (Wildman–Crippen MR) is 201 cm³/mol. The summed E-state index contributed by atoms with van der Waals surface area (Å²) in [5.74, 6) is 1.04. The number of rotatable bonds is 6. The third-order valence-corrected chi connectivity index (χ3v) is 8.51. The van der Waals surface area contributed by atoms with E-state index in [0.29, 0.717) is 28.5 Å². The molecule has 0 spiro atoms. The second-order valence-corrected chi connectivity index (χ2v) is 11.5. The highest BCUT2D eigenvalue weighted by Gasteiger charge is 2.22. The van der Waals surface area contributed by atoms with Crippen LogP contribution in [-0.2, 0) is 0 Å². The van der Waals surface area contributed by atoms with Gasteiger partial charge >= 0.3 is 0 Å². The minimum Gasteiger partial charge on any atom is -0.308 e. The minimum absolute atomic E-state index is 0.00321. The van der Waals surface area contributed by atoms with E-state index in [1.807, 2.05) is 133 Å². The molecule has 0 atom stereocenters. The Morgan fingerprint density at radius 1 is 0.388 bits per heavy atom. The van der Waals surface area contributed by atoms with E-state index < -0.39 is 48.3 Å². The first kappa shape index (κ1) is 21.3. The minimum atomic E-state index is -0.513. The molecule has 0 aliphatic carbocycles. The fraction of sp³-hybridized carbons (Fsp3) is 0. The fourth-order valence-electron chi connectivity index (χ4n) is 6.27. The summed E-state index contributed by atoms with van der Waals surface area (Å²) in [5, 5.41) is -0.0419. The lowest BCUT2D eigenvalue weighted by Gasteiger charge is -2.19. The first-order chi connectivity index (χ1) is 27.6. The molecule has 0 saturated heterocycles. The molecule has 2 heterocycles.